The van der Waals surface area contributed by atoms with Gasteiger partial charge < -0.3 is 9.64 Å². The predicted octanol–water partition coefficient (Wildman–Crippen LogP) is 2.86. The fourth-order valence-electron chi connectivity index (χ4n) is 1.84. The molecular formula is C12H14ClNO2. The molecule has 2 rings (SSSR count). The summed E-state index contributed by atoms with van der Waals surface area (Å²) >= 11 is 5.93. The summed E-state index contributed by atoms with van der Waals surface area (Å²) in [6.07, 6.45) is 0.503. The van der Waals surface area contributed by atoms with Crippen molar-refractivity contribution in [3.8, 4) is 5.75 Å². The molecule has 1 aliphatic rings. The number of anilines is 1. The van der Waals surface area contributed by atoms with Crippen LogP contribution in [0.2, 0.25) is 5.02 Å². The van der Waals surface area contributed by atoms with E-state index in [0.29, 0.717) is 18.0 Å². The van der Waals surface area contributed by atoms with Crippen LogP contribution in [0, 0.1) is 0 Å². The van der Waals surface area contributed by atoms with Crippen LogP contribution in [0.4, 0.5) is 5.69 Å². The number of benzene rings is 1. The first kappa shape index (κ1) is 11.3. The highest BCUT2D eigenvalue weighted by Crippen LogP contribution is 2.35. The van der Waals surface area contributed by atoms with Gasteiger partial charge in [0, 0.05) is 11.4 Å². The molecule has 3 nitrogen and oxygen atoms in total. The van der Waals surface area contributed by atoms with Crippen LogP contribution in [0.5, 0.6) is 5.75 Å². The second-order valence-corrected chi connectivity index (χ2v) is 4.33. The van der Waals surface area contributed by atoms with E-state index < -0.39 is 0 Å². The molecule has 0 aromatic heterocycles. The van der Waals surface area contributed by atoms with Crippen molar-refractivity contribution in [3.05, 3.63) is 23.2 Å². The molecule has 1 aromatic carbocycles. The molecule has 1 unspecified atom stereocenters. The van der Waals surface area contributed by atoms with Gasteiger partial charge in [-0.25, -0.2) is 0 Å². The van der Waals surface area contributed by atoms with E-state index >= 15 is 0 Å². The Hall–Kier alpha value is -1.22. The molecule has 1 atom stereocenters. The number of carbonyl (C=O) groups excluding carboxylic acids is 1. The number of hydrogen-bond acceptors (Lipinski definition) is 2. The van der Waals surface area contributed by atoms with Crippen molar-refractivity contribution in [1.29, 1.82) is 0 Å². The average molecular weight is 240 g/mol. The maximum Gasteiger partial charge on any atom is 0.226 e. The summed E-state index contributed by atoms with van der Waals surface area (Å²) in [6, 6.07) is 5.35. The van der Waals surface area contributed by atoms with Crippen LogP contribution < -0.4 is 9.64 Å². The Morgan fingerprint density at radius 3 is 3.06 bits per heavy atom. The summed E-state index contributed by atoms with van der Waals surface area (Å²) in [5.41, 5.74) is 0.775. The van der Waals surface area contributed by atoms with Gasteiger partial charge in [-0.1, -0.05) is 18.5 Å². The second-order valence-electron chi connectivity index (χ2n) is 3.90. The monoisotopic (exact) mass is 239 g/mol. The fourth-order valence-corrected chi connectivity index (χ4v) is 2.00. The summed E-state index contributed by atoms with van der Waals surface area (Å²) in [7, 11) is 0. The molecule has 86 valence electrons. The van der Waals surface area contributed by atoms with E-state index in [1.54, 1.807) is 17.0 Å². The molecule has 0 N–H and O–H groups in total. The lowest BCUT2D eigenvalue weighted by molar-refractivity contribution is -0.118. The Morgan fingerprint density at radius 2 is 2.38 bits per heavy atom. The van der Waals surface area contributed by atoms with Crippen molar-refractivity contribution >= 4 is 23.2 Å². The highest BCUT2D eigenvalue weighted by atomic mass is 35.5. The molecule has 0 saturated heterocycles. The summed E-state index contributed by atoms with van der Waals surface area (Å²) in [6.45, 7) is 4.39. The van der Waals surface area contributed by atoms with Gasteiger partial charge in [0.15, 0.2) is 0 Å². The minimum Gasteiger partial charge on any atom is -0.487 e. The third-order valence-corrected chi connectivity index (χ3v) is 2.82. The summed E-state index contributed by atoms with van der Waals surface area (Å²) in [4.78, 5) is 13.6. The first-order chi connectivity index (χ1) is 7.61. The van der Waals surface area contributed by atoms with Crippen LogP contribution in [0.3, 0.4) is 0 Å². The molecule has 1 aliphatic heterocycles. The highest BCUT2D eigenvalue weighted by molar-refractivity contribution is 6.31. The van der Waals surface area contributed by atoms with Crippen molar-refractivity contribution in [3.63, 3.8) is 0 Å². The lowest BCUT2D eigenvalue weighted by atomic mass is 10.2. The number of rotatable bonds is 1. The van der Waals surface area contributed by atoms with Gasteiger partial charge >= 0.3 is 0 Å². The Labute approximate surface area is 100.0 Å². The van der Waals surface area contributed by atoms with Crippen molar-refractivity contribution in [2.75, 3.05) is 11.4 Å². The zero-order valence-corrected chi connectivity index (χ0v) is 10.1. The molecule has 0 fully saturated rings. The van der Waals surface area contributed by atoms with Gasteiger partial charge in [0.05, 0.1) is 12.2 Å². The van der Waals surface area contributed by atoms with Crippen LogP contribution >= 0.6 is 11.6 Å². The number of nitrogens with zero attached hydrogens (tertiary/aromatic N) is 1. The molecule has 1 heterocycles. The first-order valence-corrected chi connectivity index (χ1v) is 5.76. The normalized spacial score (nSPS) is 18.9. The van der Waals surface area contributed by atoms with Crippen molar-refractivity contribution < 1.29 is 9.53 Å². The molecular weight excluding hydrogens is 226 g/mol. The van der Waals surface area contributed by atoms with Gasteiger partial charge in [0.1, 0.15) is 11.9 Å². The predicted molar refractivity (Wildman–Crippen MR) is 64.2 cm³/mol. The van der Waals surface area contributed by atoms with Gasteiger partial charge in [-0.15, -0.1) is 0 Å². The summed E-state index contributed by atoms with van der Waals surface area (Å²) in [5.74, 6) is 0.823. The summed E-state index contributed by atoms with van der Waals surface area (Å²) < 4.78 is 5.66. The average Bonchev–Trinajstić information content (AvgIpc) is 2.27. The number of amides is 1. The molecule has 1 aromatic rings. The van der Waals surface area contributed by atoms with Crippen molar-refractivity contribution in [2.24, 2.45) is 0 Å². The molecule has 0 spiro atoms. The molecule has 0 radical (unpaired) electrons. The fraction of sp³-hybridized carbons (Fsp3) is 0.417. The number of fused-ring (bicyclic) bond motifs is 1. The van der Waals surface area contributed by atoms with E-state index in [1.807, 2.05) is 19.9 Å². The maximum absolute atomic E-state index is 11.8. The van der Waals surface area contributed by atoms with Crippen LogP contribution in [-0.4, -0.2) is 18.6 Å². The van der Waals surface area contributed by atoms with Crippen LogP contribution in [0.25, 0.3) is 0 Å². The lowest BCUT2D eigenvalue weighted by Crippen LogP contribution is -2.42. The van der Waals surface area contributed by atoms with E-state index in [1.165, 1.54) is 0 Å². The van der Waals surface area contributed by atoms with Gasteiger partial charge in [0.2, 0.25) is 5.91 Å². The molecule has 0 aliphatic carbocycles. The van der Waals surface area contributed by atoms with Gasteiger partial charge in [-0.2, -0.15) is 0 Å². The lowest BCUT2D eigenvalue weighted by Gasteiger charge is -2.33. The zero-order chi connectivity index (χ0) is 11.7. The van der Waals surface area contributed by atoms with E-state index in [4.69, 9.17) is 16.3 Å². The molecule has 0 bridgehead atoms. The Balaban J connectivity index is 2.43. The molecule has 1 amide bonds. The topological polar surface area (TPSA) is 29.5 Å². The molecule has 0 saturated carbocycles. The Kier molecular flexibility index (Phi) is 3.06. The first-order valence-electron chi connectivity index (χ1n) is 5.38. The van der Waals surface area contributed by atoms with Gasteiger partial charge in [0.25, 0.3) is 0 Å². The van der Waals surface area contributed by atoms with E-state index in [2.05, 4.69) is 0 Å². The largest absolute Gasteiger partial charge is 0.487 e. The zero-order valence-electron chi connectivity index (χ0n) is 9.37. The van der Waals surface area contributed by atoms with E-state index in [0.717, 1.165) is 11.4 Å². The standard InChI is InChI=1S/C12H14ClNO2/c1-3-12(15)14-7-8(2)16-11-5-4-9(13)6-10(11)14/h4-6,8H,3,7H2,1-2H3. The van der Waals surface area contributed by atoms with Gasteiger partial charge in [-0.05, 0) is 25.1 Å². The summed E-state index contributed by atoms with van der Waals surface area (Å²) in [5, 5.41) is 0.616. The number of carbonyl (C=O) groups is 1. The van der Waals surface area contributed by atoms with Crippen molar-refractivity contribution in [2.45, 2.75) is 26.4 Å². The maximum atomic E-state index is 11.8. The quantitative estimate of drug-likeness (QED) is 0.754. The molecule has 16 heavy (non-hydrogen) atoms. The van der Waals surface area contributed by atoms with Gasteiger partial charge in [-0.3, -0.25) is 4.79 Å². The van der Waals surface area contributed by atoms with Crippen molar-refractivity contribution in [1.82, 2.24) is 0 Å². The number of ether oxygens (including phenoxy) is 1. The second kappa shape index (κ2) is 4.34. The smallest absolute Gasteiger partial charge is 0.226 e. The third-order valence-electron chi connectivity index (χ3n) is 2.58. The van der Waals surface area contributed by atoms with E-state index in [-0.39, 0.29) is 12.0 Å². The number of hydrogen-bond donors (Lipinski definition) is 0. The number of halogens is 1. The minimum atomic E-state index is 0.0178. The minimum absolute atomic E-state index is 0.0178. The van der Waals surface area contributed by atoms with E-state index in [9.17, 15) is 4.79 Å². The third kappa shape index (κ3) is 2.00. The Morgan fingerprint density at radius 1 is 1.62 bits per heavy atom. The van der Waals surface area contributed by atoms with Crippen LogP contribution in [0.1, 0.15) is 20.3 Å². The molecule has 4 heteroatoms. The van der Waals surface area contributed by atoms with Crippen LogP contribution in [0.15, 0.2) is 18.2 Å². The van der Waals surface area contributed by atoms with Crippen LogP contribution in [-0.2, 0) is 4.79 Å². The Bertz CT molecular complexity index is 419. The highest BCUT2D eigenvalue weighted by Gasteiger charge is 2.26. The SMILES string of the molecule is CCC(=O)N1CC(C)Oc2ccc(Cl)cc21.